The molecule has 1 N–H and O–H groups in total. The number of aryl methyl sites for hydroxylation is 1. The quantitative estimate of drug-likeness (QED) is 0.689. The molecule has 1 aliphatic rings. The number of carbonyl (C=O) groups is 1. The van der Waals surface area contributed by atoms with Gasteiger partial charge in [-0.25, -0.2) is 22.8 Å². The molecule has 0 saturated carbocycles. The highest BCUT2D eigenvalue weighted by Gasteiger charge is 2.42. The molecule has 0 atom stereocenters. The van der Waals surface area contributed by atoms with E-state index in [-0.39, 0.29) is 31.7 Å². The molecule has 1 amide bonds. The molecule has 158 valence electrons. The number of rotatable bonds is 5. The number of hydrogen-bond donors (Lipinski definition) is 1. The van der Waals surface area contributed by atoms with Crippen LogP contribution in [0.3, 0.4) is 0 Å². The van der Waals surface area contributed by atoms with E-state index in [4.69, 9.17) is 0 Å². The Bertz CT molecular complexity index is 1060. The number of nitrogens with one attached hydrogen (secondary N) is 1. The van der Waals surface area contributed by atoms with Crippen LogP contribution in [-0.2, 0) is 11.8 Å². The summed E-state index contributed by atoms with van der Waals surface area (Å²) in [6.45, 7) is -0.179. The number of piperidine rings is 1. The highest BCUT2D eigenvalue weighted by atomic mass is 19.3. The number of likely N-dealkylation sites (tertiary alicyclic amines) is 1. The van der Waals surface area contributed by atoms with E-state index in [1.807, 2.05) is 18.2 Å². The number of fused-ring (bicyclic) bond motifs is 1. The zero-order valence-electron chi connectivity index (χ0n) is 16.4. The fourth-order valence-corrected chi connectivity index (χ4v) is 3.66. The molecule has 0 radical (unpaired) electrons. The number of alkyl halides is 3. The van der Waals surface area contributed by atoms with E-state index in [1.165, 1.54) is 4.90 Å². The van der Waals surface area contributed by atoms with Crippen molar-refractivity contribution < 1.29 is 18.0 Å². The molecule has 0 aliphatic carbocycles. The second-order valence-corrected chi connectivity index (χ2v) is 7.49. The first-order chi connectivity index (χ1) is 14.3. The maximum atomic E-state index is 15.1. The van der Waals surface area contributed by atoms with Gasteiger partial charge >= 0.3 is 0 Å². The lowest BCUT2D eigenvalue weighted by Crippen LogP contribution is -2.49. The lowest BCUT2D eigenvalue weighted by molar-refractivity contribution is -0.130. The Morgan fingerprint density at radius 2 is 1.97 bits per heavy atom. The van der Waals surface area contributed by atoms with E-state index in [0.29, 0.717) is 0 Å². The fourth-order valence-electron chi connectivity index (χ4n) is 3.66. The standard InChI is InChI=1S/C20H21F3N6O/c1-28-16(11-25-27-28)13-2-3-14-10-24-18(9-15(14)8-13)26-19(30)20(23)4-6-29(7-5-20)12-17(21)22/h2-3,8-11,17H,4-7,12H2,1H3,(H,24,26,30). The normalized spacial score (nSPS) is 16.8. The van der Waals surface area contributed by atoms with E-state index in [1.54, 1.807) is 30.2 Å². The maximum Gasteiger partial charge on any atom is 0.263 e. The summed E-state index contributed by atoms with van der Waals surface area (Å²) in [4.78, 5) is 18.2. The Balaban J connectivity index is 1.49. The third-order valence-electron chi connectivity index (χ3n) is 5.43. The van der Waals surface area contributed by atoms with Gasteiger partial charge in [-0.15, -0.1) is 5.10 Å². The van der Waals surface area contributed by atoms with E-state index >= 15 is 4.39 Å². The van der Waals surface area contributed by atoms with Crippen LogP contribution < -0.4 is 5.32 Å². The molecule has 0 bridgehead atoms. The molecular weight excluding hydrogens is 397 g/mol. The molecule has 2 aromatic heterocycles. The zero-order chi connectivity index (χ0) is 21.3. The molecule has 30 heavy (non-hydrogen) atoms. The molecule has 1 aliphatic heterocycles. The number of aromatic nitrogens is 4. The van der Waals surface area contributed by atoms with Gasteiger partial charge in [0, 0.05) is 50.1 Å². The SMILES string of the molecule is Cn1nncc1-c1ccc2cnc(NC(=O)C3(F)CCN(CC(F)F)CC3)cc2c1. The van der Waals surface area contributed by atoms with Crippen LogP contribution in [0.15, 0.2) is 36.7 Å². The van der Waals surface area contributed by atoms with Crippen molar-refractivity contribution in [3.63, 3.8) is 0 Å². The third kappa shape index (κ3) is 4.13. The zero-order valence-corrected chi connectivity index (χ0v) is 16.4. The van der Waals surface area contributed by atoms with Gasteiger partial charge in [0.15, 0.2) is 5.67 Å². The number of amides is 1. The average Bonchev–Trinajstić information content (AvgIpc) is 3.15. The van der Waals surface area contributed by atoms with E-state index in [2.05, 4.69) is 20.6 Å². The second kappa shape index (κ2) is 8.02. The van der Waals surface area contributed by atoms with Gasteiger partial charge in [-0.2, -0.15) is 0 Å². The van der Waals surface area contributed by atoms with Gasteiger partial charge in [0.1, 0.15) is 5.82 Å². The minimum absolute atomic E-state index is 0.113. The first kappa shape index (κ1) is 20.3. The van der Waals surface area contributed by atoms with Crippen molar-refractivity contribution in [1.29, 1.82) is 0 Å². The monoisotopic (exact) mass is 418 g/mol. The maximum absolute atomic E-state index is 15.1. The van der Waals surface area contributed by atoms with Crippen molar-refractivity contribution in [3.05, 3.63) is 36.7 Å². The third-order valence-corrected chi connectivity index (χ3v) is 5.43. The van der Waals surface area contributed by atoms with Crippen molar-refractivity contribution >= 4 is 22.5 Å². The van der Waals surface area contributed by atoms with Crippen LogP contribution in [0.2, 0.25) is 0 Å². The van der Waals surface area contributed by atoms with Crippen LogP contribution in [0.1, 0.15) is 12.8 Å². The predicted molar refractivity (Wildman–Crippen MR) is 106 cm³/mol. The summed E-state index contributed by atoms with van der Waals surface area (Å²) < 4.78 is 41.7. The summed E-state index contributed by atoms with van der Waals surface area (Å²) in [6.07, 6.45) is 0.526. The summed E-state index contributed by atoms with van der Waals surface area (Å²) in [5, 5.41) is 12.0. The van der Waals surface area contributed by atoms with Crippen molar-refractivity contribution in [2.24, 2.45) is 7.05 Å². The van der Waals surface area contributed by atoms with Crippen LogP contribution in [0.4, 0.5) is 19.0 Å². The number of halogens is 3. The molecule has 1 fully saturated rings. The summed E-state index contributed by atoms with van der Waals surface area (Å²) in [5.74, 6) is -0.558. The average molecular weight is 418 g/mol. The Morgan fingerprint density at radius 1 is 1.20 bits per heavy atom. The van der Waals surface area contributed by atoms with E-state index in [9.17, 15) is 13.6 Å². The molecule has 0 spiro atoms. The smallest absolute Gasteiger partial charge is 0.263 e. The molecule has 1 saturated heterocycles. The Morgan fingerprint density at radius 3 is 2.63 bits per heavy atom. The lowest BCUT2D eigenvalue weighted by Gasteiger charge is -2.35. The van der Waals surface area contributed by atoms with Crippen molar-refractivity contribution in [1.82, 2.24) is 24.9 Å². The summed E-state index contributed by atoms with van der Waals surface area (Å²) >= 11 is 0. The highest BCUT2D eigenvalue weighted by Crippen LogP contribution is 2.29. The topological polar surface area (TPSA) is 75.9 Å². The van der Waals surface area contributed by atoms with Crippen LogP contribution in [-0.4, -0.2) is 62.5 Å². The van der Waals surface area contributed by atoms with E-state index < -0.39 is 24.5 Å². The minimum atomic E-state index is -2.47. The van der Waals surface area contributed by atoms with Crippen LogP contribution in [0, 0.1) is 0 Å². The molecule has 3 heterocycles. The fraction of sp³-hybridized carbons (Fsp3) is 0.400. The molecule has 10 heteroatoms. The lowest BCUT2D eigenvalue weighted by atomic mass is 9.92. The van der Waals surface area contributed by atoms with Crippen LogP contribution >= 0.6 is 0 Å². The minimum Gasteiger partial charge on any atom is -0.308 e. The number of nitrogens with zero attached hydrogens (tertiary/aromatic N) is 5. The number of pyridine rings is 1. The molecule has 3 aromatic rings. The summed E-state index contributed by atoms with van der Waals surface area (Å²) in [6, 6.07) is 7.41. The number of benzene rings is 1. The van der Waals surface area contributed by atoms with Gasteiger partial charge in [-0.1, -0.05) is 17.3 Å². The van der Waals surface area contributed by atoms with Crippen LogP contribution in [0.5, 0.6) is 0 Å². The Labute approximate surface area is 170 Å². The van der Waals surface area contributed by atoms with Crippen molar-refractivity contribution in [2.45, 2.75) is 24.9 Å². The molecule has 7 nitrogen and oxygen atoms in total. The summed E-state index contributed by atoms with van der Waals surface area (Å²) in [5.41, 5.74) is -0.373. The second-order valence-electron chi connectivity index (χ2n) is 7.49. The van der Waals surface area contributed by atoms with E-state index in [0.717, 1.165) is 22.0 Å². The van der Waals surface area contributed by atoms with Gasteiger partial charge in [-0.3, -0.25) is 9.69 Å². The molecule has 4 rings (SSSR count). The molecule has 1 aromatic carbocycles. The number of hydrogen-bond acceptors (Lipinski definition) is 5. The largest absolute Gasteiger partial charge is 0.308 e. The number of anilines is 1. The van der Waals surface area contributed by atoms with Crippen molar-refractivity contribution in [2.75, 3.05) is 25.0 Å². The predicted octanol–water partition coefficient (Wildman–Crippen LogP) is 3.04. The Kier molecular flexibility index (Phi) is 5.42. The van der Waals surface area contributed by atoms with Gasteiger partial charge in [0.05, 0.1) is 18.4 Å². The van der Waals surface area contributed by atoms with Crippen molar-refractivity contribution in [3.8, 4) is 11.3 Å². The van der Waals surface area contributed by atoms with Gasteiger partial charge < -0.3 is 5.32 Å². The highest BCUT2D eigenvalue weighted by molar-refractivity contribution is 5.98. The molecule has 0 unspecified atom stereocenters. The summed E-state index contributed by atoms with van der Waals surface area (Å²) in [7, 11) is 1.79. The first-order valence-corrected chi connectivity index (χ1v) is 9.60. The van der Waals surface area contributed by atoms with Gasteiger partial charge in [-0.05, 0) is 17.5 Å². The Hall–Kier alpha value is -3.01. The first-order valence-electron chi connectivity index (χ1n) is 9.60. The van der Waals surface area contributed by atoms with Crippen LogP contribution in [0.25, 0.3) is 22.0 Å². The van der Waals surface area contributed by atoms with Gasteiger partial charge in [0.25, 0.3) is 12.3 Å². The molecular formula is C20H21F3N6O. The number of carbonyl (C=O) groups excluding carboxylic acids is 1. The van der Waals surface area contributed by atoms with Gasteiger partial charge in [0.2, 0.25) is 0 Å².